The van der Waals surface area contributed by atoms with Crippen LogP contribution in [0, 0.1) is 13.8 Å². The Bertz CT molecular complexity index is 313. The van der Waals surface area contributed by atoms with Crippen LogP contribution in [-0.4, -0.2) is 17.8 Å². The highest BCUT2D eigenvalue weighted by Gasteiger charge is 2.05. The van der Waals surface area contributed by atoms with Gasteiger partial charge in [0.05, 0.1) is 6.10 Å². The van der Waals surface area contributed by atoms with E-state index in [0.717, 1.165) is 21.3 Å². The number of halogens is 1. The van der Waals surface area contributed by atoms with Crippen LogP contribution >= 0.6 is 15.9 Å². The Balaban J connectivity index is 2.70. The number of aliphatic hydroxyl groups excluding tert-OH is 1. The van der Waals surface area contributed by atoms with Gasteiger partial charge in [0.25, 0.3) is 0 Å². The Kier molecular flexibility index (Phi) is 4.61. The average Bonchev–Trinajstić information content (AvgIpc) is 2.22. The third-order valence-corrected chi connectivity index (χ3v) is 3.57. The van der Waals surface area contributed by atoms with Crippen LogP contribution in [0.5, 0.6) is 5.75 Å². The van der Waals surface area contributed by atoms with Gasteiger partial charge in [-0.05, 0) is 43.5 Å². The van der Waals surface area contributed by atoms with Crippen LogP contribution in [0.4, 0.5) is 0 Å². The summed E-state index contributed by atoms with van der Waals surface area (Å²) in [4.78, 5) is 0. The summed E-state index contributed by atoms with van der Waals surface area (Å²) in [7, 11) is 0. The van der Waals surface area contributed by atoms with Gasteiger partial charge in [-0.25, -0.2) is 0 Å². The fourth-order valence-corrected chi connectivity index (χ4v) is 1.53. The summed E-state index contributed by atoms with van der Waals surface area (Å²) in [6, 6.07) is 3.94. The molecule has 0 spiro atoms. The van der Waals surface area contributed by atoms with E-state index in [-0.39, 0.29) is 6.10 Å². The van der Waals surface area contributed by atoms with Crippen LogP contribution in [-0.2, 0) is 0 Å². The first-order chi connectivity index (χ1) is 7.04. The Morgan fingerprint density at radius 2 is 1.87 bits per heavy atom. The van der Waals surface area contributed by atoms with Crippen molar-refractivity contribution in [3.63, 3.8) is 0 Å². The first-order valence-electron chi connectivity index (χ1n) is 5.12. The molecule has 1 aromatic carbocycles. The monoisotopic (exact) mass is 272 g/mol. The fraction of sp³-hybridized carbons (Fsp3) is 0.500. The third-order valence-electron chi connectivity index (χ3n) is 2.32. The van der Waals surface area contributed by atoms with Gasteiger partial charge in [0.1, 0.15) is 12.4 Å². The minimum atomic E-state index is -0.380. The van der Waals surface area contributed by atoms with E-state index in [9.17, 15) is 5.11 Å². The molecule has 0 radical (unpaired) electrons. The van der Waals surface area contributed by atoms with Crippen LogP contribution in [0.1, 0.15) is 24.5 Å². The molecule has 2 nitrogen and oxygen atoms in total. The highest BCUT2D eigenvalue weighted by atomic mass is 79.9. The van der Waals surface area contributed by atoms with Gasteiger partial charge in [-0.15, -0.1) is 0 Å². The molecular formula is C12H17BrO2. The highest BCUT2D eigenvalue weighted by molar-refractivity contribution is 9.10. The number of hydrogen-bond acceptors (Lipinski definition) is 2. The first-order valence-corrected chi connectivity index (χ1v) is 5.91. The molecular weight excluding hydrogens is 256 g/mol. The standard InChI is InChI=1S/C12H17BrO2/c1-4-10(14)7-15-11-5-8(2)12(13)9(3)6-11/h5-6,10,14H,4,7H2,1-3H3. The lowest BCUT2D eigenvalue weighted by atomic mass is 10.1. The molecule has 0 bridgehead atoms. The predicted molar refractivity (Wildman–Crippen MR) is 65.4 cm³/mol. The van der Waals surface area contributed by atoms with Crippen LogP contribution in [0.25, 0.3) is 0 Å². The molecule has 0 fully saturated rings. The number of aliphatic hydroxyl groups is 1. The molecule has 1 unspecified atom stereocenters. The Morgan fingerprint density at radius 1 is 1.33 bits per heavy atom. The molecule has 0 amide bonds. The maximum absolute atomic E-state index is 9.38. The molecule has 0 heterocycles. The Hall–Kier alpha value is -0.540. The van der Waals surface area contributed by atoms with Crippen LogP contribution in [0.15, 0.2) is 16.6 Å². The Labute approximate surface area is 99.4 Å². The summed E-state index contributed by atoms with van der Waals surface area (Å²) < 4.78 is 6.62. The molecule has 0 saturated heterocycles. The maximum atomic E-state index is 9.38. The van der Waals surface area contributed by atoms with Crippen LogP contribution < -0.4 is 4.74 Å². The van der Waals surface area contributed by atoms with E-state index in [0.29, 0.717) is 13.0 Å². The molecule has 0 aliphatic heterocycles. The van der Waals surface area contributed by atoms with Gasteiger partial charge >= 0.3 is 0 Å². The molecule has 15 heavy (non-hydrogen) atoms. The number of ether oxygens (including phenoxy) is 1. The lowest BCUT2D eigenvalue weighted by molar-refractivity contribution is 0.104. The summed E-state index contributed by atoms with van der Waals surface area (Å²) in [5.74, 6) is 0.820. The summed E-state index contributed by atoms with van der Waals surface area (Å²) >= 11 is 3.50. The zero-order valence-electron chi connectivity index (χ0n) is 9.38. The van der Waals surface area contributed by atoms with Crippen molar-refractivity contribution in [1.82, 2.24) is 0 Å². The second-order valence-corrected chi connectivity index (χ2v) is 4.54. The van der Waals surface area contributed by atoms with E-state index in [4.69, 9.17) is 4.74 Å². The van der Waals surface area contributed by atoms with Gasteiger partial charge in [-0.3, -0.25) is 0 Å². The topological polar surface area (TPSA) is 29.5 Å². The summed E-state index contributed by atoms with van der Waals surface area (Å²) in [6.07, 6.45) is 0.336. The zero-order valence-corrected chi connectivity index (χ0v) is 11.0. The number of aryl methyl sites for hydroxylation is 2. The minimum absolute atomic E-state index is 0.358. The van der Waals surface area contributed by atoms with Gasteiger partial charge in [0, 0.05) is 4.47 Å². The Morgan fingerprint density at radius 3 is 2.33 bits per heavy atom. The molecule has 1 rings (SSSR count). The third kappa shape index (κ3) is 3.50. The molecule has 1 aromatic rings. The quantitative estimate of drug-likeness (QED) is 0.912. The number of rotatable bonds is 4. The van der Waals surface area contributed by atoms with Crippen molar-refractivity contribution in [2.45, 2.75) is 33.3 Å². The van der Waals surface area contributed by atoms with E-state index >= 15 is 0 Å². The second kappa shape index (κ2) is 5.52. The van der Waals surface area contributed by atoms with Crippen LogP contribution in [0.2, 0.25) is 0 Å². The normalized spacial score (nSPS) is 12.6. The van der Waals surface area contributed by atoms with E-state index < -0.39 is 0 Å². The van der Waals surface area contributed by atoms with Gasteiger partial charge in [-0.2, -0.15) is 0 Å². The van der Waals surface area contributed by atoms with Crippen molar-refractivity contribution in [3.05, 3.63) is 27.7 Å². The largest absolute Gasteiger partial charge is 0.491 e. The molecule has 1 atom stereocenters. The lowest BCUT2D eigenvalue weighted by Gasteiger charge is -2.12. The van der Waals surface area contributed by atoms with Gasteiger partial charge in [0.15, 0.2) is 0 Å². The zero-order chi connectivity index (χ0) is 11.4. The smallest absolute Gasteiger partial charge is 0.120 e. The lowest BCUT2D eigenvalue weighted by Crippen LogP contribution is -2.16. The first kappa shape index (κ1) is 12.5. The SMILES string of the molecule is CCC(O)COc1cc(C)c(Br)c(C)c1. The van der Waals surface area contributed by atoms with Gasteiger partial charge < -0.3 is 9.84 Å². The predicted octanol–water partition coefficient (Wildman–Crippen LogP) is 3.22. The van der Waals surface area contributed by atoms with Crippen molar-refractivity contribution < 1.29 is 9.84 Å². The molecule has 0 aromatic heterocycles. The van der Waals surface area contributed by atoms with Crippen molar-refractivity contribution in [1.29, 1.82) is 0 Å². The number of hydrogen-bond donors (Lipinski definition) is 1. The van der Waals surface area contributed by atoms with Crippen molar-refractivity contribution in [2.24, 2.45) is 0 Å². The van der Waals surface area contributed by atoms with E-state index in [2.05, 4.69) is 15.9 Å². The summed E-state index contributed by atoms with van der Waals surface area (Å²) in [5.41, 5.74) is 2.30. The van der Waals surface area contributed by atoms with E-state index in [1.54, 1.807) is 0 Å². The van der Waals surface area contributed by atoms with E-state index in [1.165, 1.54) is 0 Å². The molecule has 1 N–H and O–H groups in total. The summed E-state index contributed by atoms with van der Waals surface area (Å²) in [5, 5.41) is 9.38. The van der Waals surface area contributed by atoms with Crippen LogP contribution in [0.3, 0.4) is 0 Å². The molecule has 0 saturated carbocycles. The highest BCUT2D eigenvalue weighted by Crippen LogP contribution is 2.26. The van der Waals surface area contributed by atoms with Gasteiger partial charge in [0.2, 0.25) is 0 Å². The second-order valence-electron chi connectivity index (χ2n) is 3.74. The maximum Gasteiger partial charge on any atom is 0.120 e. The van der Waals surface area contributed by atoms with Crippen molar-refractivity contribution >= 4 is 15.9 Å². The minimum Gasteiger partial charge on any atom is -0.491 e. The molecule has 84 valence electrons. The number of benzene rings is 1. The molecule has 0 aliphatic carbocycles. The average molecular weight is 273 g/mol. The van der Waals surface area contributed by atoms with Crippen molar-refractivity contribution in [2.75, 3.05) is 6.61 Å². The van der Waals surface area contributed by atoms with Crippen molar-refractivity contribution in [3.8, 4) is 5.75 Å². The molecule has 0 aliphatic rings. The van der Waals surface area contributed by atoms with Gasteiger partial charge in [-0.1, -0.05) is 22.9 Å². The molecule has 3 heteroatoms. The summed E-state index contributed by atoms with van der Waals surface area (Å²) in [6.45, 7) is 6.35. The van der Waals surface area contributed by atoms with E-state index in [1.807, 2.05) is 32.9 Å². The fourth-order valence-electron chi connectivity index (χ4n) is 1.30.